The third kappa shape index (κ3) is 3.78. The Balaban J connectivity index is 1.97. The van der Waals surface area contributed by atoms with Gasteiger partial charge in [-0.05, 0) is 31.5 Å². The largest absolute Gasteiger partial charge is 0.486 e. The van der Waals surface area contributed by atoms with Crippen molar-refractivity contribution in [1.29, 1.82) is 0 Å². The molecule has 0 radical (unpaired) electrons. The molecule has 2 rings (SSSR count). The molecule has 0 amide bonds. The van der Waals surface area contributed by atoms with Gasteiger partial charge in [0.15, 0.2) is 0 Å². The maximum absolute atomic E-state index is 5.90. The van der Waals surface area contributed by atoms with E-state index in [-0.39, 0.29) is 0 Å². The summed E-state index contributed by atoms with van der Waals surface area (Å²) in [6.07, 6.45) is 1.93. The van der Waals surface area contributed by atoms with Crippen LogP contribution in [0.15, 0.2) is 24.4 Å². The van der Waals surface area contributed by atoms with Gasteiger partial charge in [-0.15, -0.1) is 11.3 Å². The van der Waals surface area contributed by atoms with Gasteiger partial charge in [0.2, 0.25) is 0 Å². The van der Waals surface area contributed by atoms with E-state index in [9.17, 15) is 0 Å². The van der Waals surface area contributed by atoms with Gasteiger partial charge in [-0.1, -0.05) is 25.1 Å². The Labute approximate surface area is 118 Å². The lowest BCUT2D eigenvalue weighted by atomic mass is 10.1. The summed E-state index contributed by atoms with van der Waals surface area (Å²) >= 11 is 1.71. The topological polar surface area (TPSA) is 34.2 Å². The first-order valence-electron chi connectivity index (χ1n) is 6.54. The van der Waals surface area contributed by atoms with Gasteiger partial charge in [-0.25, -0.2) is 4.98 Å². The molecule has 0 fully saturated rings. The molecule has 0 spiro atoms. The van der Waals surface area contributed by atoms with Crippen LogP contribution in [0.3, 0.4) is 0 Å². The van der Waals surface area contributed by atoms with Gasteiger partial charge in [0.1, 0.15) is 17.4 Å². The summed E-state index contributed by atoms with van der Waals surface area (Å²) in [5.41, 5.74) is 2.34. The summed E-state index contributed by atoms with van der Waals surface area (Å²) in [6, 6.07) is 6.19. The maximum atomic E-state index is 5.90. The van der Waals surface area contributed by atoms with Crippen LogP contribution in [0.4, 0.5) is 0 Å². The van der Waals surface area contributed by atoms with Crippen LogP contribution < -0.4 is 10.1 Å². The summed E-state index contributed by atoms with van der Waals surface area (Å²) in [5, 5.41) is 4.32. The minimum Gasteiger partial charge on any atom is -0.486 e. The van der Waals surface area contributed by atoms with Crippen molar-refractivity contribution in [2.75, 3.05) is 6.54 Å². The van der Waals surface area contributed by atoms with Crippen LogP contribution in [-0.4, -0.2) is 11.5 Å². The number of thiazole rings is 1. The number of aryl methyl sites for hydroxylation is 2. The molecule has 1 N–H and O–H groups in total. The molecule has 0 saturated heterocycles. The van der Waals surface area contributed by atoms with Crippen molar-refractivity contribution in [3.8, 4) is 5.75 Å². The fraction of sp³-hybridized carbons (Fsp3) is 0.400. The smallest absolute Gasteiger partial charge is 0.140 e. The Kier molecular flexibility index (Phi) is 4.93. The molecule has 1 heterocycles. The molecule has 0 aliphatic carbocycles. The lowest BCUT2D eigenvalue weighted by Crippen LogP contribution is -2.10. The highest BCUT2D eigenvalue weighted by molar-refractivity contribution is 7.11. The highest BCUT2D eigenvalue weighted by Gasteiger charge is 2.06. The van der Waals surface area contributed by atoms with E-state index in [4.69, 9.17) is 4.74 Å². The van der Waals surface area contributed by atoms with Gasteiger partial charge in [0, 0.05) is 17.6 Å². The standard InChI is InChI=1S/C15H20N2OS/c1-4-16-8-13-9-17-14(19-13)10-18-15-11(2)6-5-7-12(15)3/h5-7,9,16H,4,8,10H2,1-3H3. The van der Waals surface area contributed by atoms with E-state index in [0.29, 0.717) is 6.61 Å². The number of hydrogen-bond acceptors (Lipinski definition) is 4. The number of para-hydroxylation sites is 1. The van der Waals surface area contributed by atoms with E-state index in [1.807, 2.05) is 6.20 Å². The Hall–Kier alpha value is -1.39. The molecule has 3 nitrogen and oxygen atoms in total. The molecule has 2 aromatic rings. The molecular formula is C15H20N2OS. The van der Waals surface area contributed by atoms with E-state index >= 15 is 0 Å². The lowest BCUT2D eigenvalue weighted by molar-refractivity contribution is 0.301. The molecule has 0 aliphatic rings. The predicted molar refractivity (Wildman–Crippen MR) is 79.7 cm³/mol. The van der Waals surface area contributed by atoms with Crippen LogP contribution in [-0.2, 0) is 13.2 Å². The Morgan fingerprint density at radius 2 is 2.00 bits per heavy atom. The molecule has 1 aromatic carbocycles. The van der Waals surface area contributed by atoms with Crippen LogP contribution in [0.1, 0.15) is 27.9 Å². The molecule has 0 bridgehead atoms. The third-order valence-corrected chi connectivity index (χ3v) is 3.87. The van der Waals surface area contributed by atoms with E-state index in [1.54, 1.807) is 11.3 Å². The van der Waals surface area contributed by atoms with Crippen molar-refractivity contribution in [3.05, 3.63) is 45.4 Å². The monoisotopic (exact) mass is 276 g/mol. The Morgan fingerprint density at radius 1 is 1.26 bits per heavy atom. The SMILES string of the molecule is CCNCc1cnc(COc2c(C)cccc2C)s1. The Bertz CT molecular complexity index is 516. The van der Waals surface area contributed by atoms with Crippen LogP contribution in [0.2, 0.25) is 0 Å². The van der Waals surface area contributed by atoms with Crippen molar-refractivity contribution in [2.45, 2.75) is 33.9 Å². The van der Waals surface area contributed by atoms with E-state index < -0.39 is 0 Å². The zero-order valence-electron chi connectivity index (χ0n) is 11.7. The normalized spacial score (nSPS) is 10.7. The summed E-state index contributed by atoms with van der Waals surface area (Å²) in [4.78, 5) is 5.65. The zero-order chi connectivity index (χ0) is 13.7. The van der Waals surface area contributed by atoms with Crippen LogP contribution >= 0.6 is 11.3 Å². The number of ether oxygens (including phenoxy) is 1. The minimum absolute atomic E-state index is 0.544. The first-order valence-corrected chi connectivity index (χ1v) is 7.35. The van der Waals surface area contributed by atoms with E-state index in [2.05, 4.69) is 49.3 Å². The van der Waals surface area contributed by atoms with Crippen LogP contribution in [0.25, 0.3) is 0 Å². The highest BCUT2D eigenvalue weighted by atomic mass is 32.1. The number of benzene rings is 1. The molecule has 0 atom stereocenters. The van der Waals surface area contributed by atoms with Crippen molar-refractivity contribution in [3.63, 3.8) is 0 Å². The van der Waals surface area contributed by atoms with Crippen LogP contribution in [0, 0.1) is 13.8 Å². The number of rotatable bonds is 6. The minimum atomic E-state index is 0.544. The zero-order valence-corrected chi connectivity index (χ0v) is 12.5. The fourth-order valence-corrected chi connectivity index (χ4v) is 2.71. The van der Waals surface area contributed by atoms with Crippen molar-refractivity contribution < 1.29 is 4.74 Å². The molecule has 0 aliphatic heterocycles. The average Bonchev–Trinajstić information content (AvgIpc) is 2.84. The van der Waals surface area contributed by atoms with Gasteiger partial charge in [0.25, 0.3) is 0 Å². The van der Waals surface area contributed by atoms with Crippen molar-refractivity contribution in [2.24, 2.45) is 0 Å². The first kappa shape index (κ1) is 14.0. The summed E-state index contributed by atoms with van der Waals surface area (Å²) in [5.74, 6) is 0.978. The summed E-state index contributed by atoms with van der Waals surface area (Å²) < 4.78 is 5.90. The van der Waals surface area contributed by atoms with E-state index in [1.165, 1.54) is 16.0 Å². The third-order valence-electron chi connectivity index (χ3n) is 2.90. The fourth-order valence-electron chi connectivity index (χ4n) is 1.91. The van der Waals surface area contributed by atoms with Gasteiger partial charge in [0.05, 0.1) is 0 Å². The Morgan fingerprint density at radius 3 is 2.68 bits per heavy atom. The summed E-state index contributed by atoms with van der Waals surface area (Å²) in [6.45, 7) is 8.65. The second-order valence-corrected chi connectivity index (χ2v) is 5.71. The van der Waals surface area contributed by atoms with Gasteiger partial charge in [-0.3, -0.25) is 0 Å². The van der Waals surface area contributed by atoms with Crippen molar-refractivity contribution in [1.82, 2.24) is 10.3 Å². The average molecular weight is 276 g/mol. The van der Waals surface area contributed by atoms with Crippen molar-refractivity contribution >= 4 is 11.3 Å². The lowest BCUT2D eigenvalue weighted by Gasteiger charge is -2.10. The number of aromatic nitrogens is 1. The highest BCUT2D eigenvalue weighted by Crippen LogP contribution is 2.24. The van der Waals surface area contributed by atoms with Crippen LogP contribution in [0.5, 0.6) is 5.75 Å². The summed E-state index contributed by atoms with van der Waals surface area (Å²) in [7, 11) is 0. The first-order chi connectivity index (χ1) is 9.20. The predicted octanol–water partition coefficient (Wildman–Crippen LogP) is 3.45. The second kappa shape index (κ2) is 6.68. The molecule has 1 aromatic heterocycles. The van der Waals surface area contributed by atoms with Gasteiger partial charge >= 0.3 is 0 Å². The molecule has 0 saturated carbocycles. The van der Waals surface area contributed by atoms with E-state index in [0.717, 1.165) is 23.8 Å². The molecule has 4 heteroatoms. The molecular weight excluding hydrogens is 256 g/mol. The number of nitrogens with one attached hydrogen (secondary N) is 1. The van der Waals surface area contributed by atoms with Gasteiger partial charge < -0.3 is 10.1 Å². The van der Waals surface area contributed by atoms with Gasteiger partial charge in [-0.2, -0.15) is 0 Å². The molecule has 19 heavy (non-hydrogen) atoms. The quantitative estimate of drug-likeness (QED) is 0.877. The molecule has 0 unspecified atom stereocenters. The molecule has 102 valence electrons. The second-order valence-electron chi connectivity index (χ2n) is 4.51. The number of hydrogen-bond donors (Lipinski definition) is 1. The number of nitrogens with zero attached hydrogens (tertiary/aromatic N) is 1. The maximum Gasteiger partial charge on any atom is 0.140 e.